The van der Waals surface area contributed by atoms with E-state index in [1.54, 1.807) is 0 Å². The minimum atomic E-state index is -0.783. The lowest BCUT2D eigenvalue weighted by Crippen LogP contribution is -2.30. The predicted octanol–water partition coefficient (Wildman–Crippen LogP) is 20.6. The molecule has 0 radical (unpaired) electrons. The Kier molecular flexibility index (Phi) is 56.7. The van der Waals surface area contributed by atoms with E-state index in [0.717, 1.165) is 103 Å². The summed E-state index contributed by atoms with van der Waals surface area (Å²) in [7, 11) is 0. The molecule has 0 aromatic carbocycles. The molecule has 408 valence electrons. The van der Waals surface area contributed by atoms with Crippen LogP contribution >= 0.6 is 0 Å². The van der Waals surface area contributed by atoms with E-state index in [4.69, 9.17) is 14.2 Å². The molecule has 6 heteroatoms. The summed E-state index contributed by atoms with van der Waals surface area (Å²) in [6.07, 6.45) is 72.7. The molecule has 0 bridgehead atoms. The third-order valence-corrected chi connectivity index (χ3v) is 13.6. The Labute approximate surface area is 435 Å². The molecular formula is C64H116O6. The van der Waals surface area contributed by atoms with Crippen molar-refractivity contribution >= 4 is 17.9 Å². The Balaban J connectivity index is 4.22. The molecule has 0 aromatic heterocycles. The number of unbranched alkanes of at least 4 members (excludes halogenated alkanes) is 37. The molecule has 0 saturated carbocycles. The fourth-order valence-electron chi connectivity index (χ4n) is 8.98. The molecule has 0 aliphatic heterocycles. The predicted molar refractivity (Wildman–Crippen MR) is 302 cm³/mol. The van der Waals surface area contributed by atoms with Gasteiger partial charge in [-0.3, -0.25) is 14.4 Å². The summed E-state index contributed by atoms with van der Waals surface area (Å²) in [5.74, 6) is -0.891. The lowest BCUT2D eigenvalue weighted by Gasteiger charge is -2.18. The maximum atomic E-state index is 12.8. The highest BCUT2D eigenvalue weighted by Crippen LogP contribution is 2.17. The van der Waals surface area contributed by atoms with Gasteiger partial charge in [0.05, 0.1) is 0 Å². The number of esters is 3. The Morgan fingerprint density at radius 3 is 0.914 bits per heavy atom. The second kappa shape index (κ2) is 58.9. The van der Waals surface area contributed by atoms with Gasteiger partial charge in [0.1, 0.15) is 13.2 Å². The topological polar surface area (TPSA) is 78.9 Å². The lowest BCUT2D eigenvalue weighted by atomic mass is 10.0. The van der Waals surface area contributed by atoms with Crippen LogP contribution in [-0.4, -0.2) is 37.2 Å². The molecule has 6 nitrogen and oxygen atoms in total. The Morgan fingerprint density at radius 2 is 0.557 bits per heavy atom. The van der Waals surface area contributed by atoms with Crippen molar-refractivity contribution in [2.45, 2.75) is 329 Å². The zero-order valence-corrected chi connectivity index (χ0v) is 46.8. The number of hydrogen-bond donors (Lipinski definition) is 0. The highest BCUT2D eigenvalue weighted by Gasteiger charge is 2.19. The number of hydrogen-bond acceptors (Lipinski definition) is 6. The molecule has 0 spiro atoms. The molecule has 0 aliphatic carbocycles. The molecule has 0 N–H and O–H groups in total. The summed E-state index contributed by atoms with van der Waals surface area (Å²) in [5, 5.41) is 0. The minimum absolute atomic E-state index is 0.0798. The number of ether oxygens (including phenoxy) is 3. The van der Waals surface area contributed by atoms with Crippen molar-refractivity contribution in [1.29, 1.82) is 0 Å². The van der Waals surface area contributed by atoms with Crippen LogP contribution in [0.25, 0.3) is 0 Å². The van der Waals surface area contributed by atoms with Gasteiger partial charge in [-0.2, -0.15) is 0 Å². The quantitative estimate of drug-likeness (QED) is 0.0261. The largest absolute Gasteiger partial charge is 0.462 e. The number of rotatable bonds is 56. The zero-order chi connectivity index (χ0) is 50.7. The lowest BCUT2D eigenvalue weighted by molar-refractivity contribution is -0.167. The van der Waals surface area contributed by atoms with Crippen LogP contribution in [0.15, 0.2) is 48.6 Å². The van der Waals surface area contributed by atoms with Crippen molar-refractivity contribution in [2.24, 2.45) is 0 Å². The summed E-state index contributed by atoms with van der Waals surface area (Å²) in [4.78, 5) is 38.2. The van der Waals surface area contributed by atoms with Crippen LogP contribution in [0.3, 0.4) is 0 Å². The molecule has 0 amide bonds. The van der Waals surface area contributed by atoms with Crippen LogP contribution in [0.2, 0.25) is 0 Å². The van der Waals surface area contributed by atoms with Crippen molar-refractivity contribution in [1.82, 2.24) is 0 Å². The third kappa shape index (κ3) is 56.3. The molecule has 0 aliphatic rings. The molecule has 0 saturated heterocycles. The second-order valence-corrected chi connectivity index (χ2v) is 20.6. The first-order chi connectivity index (χ1) is 34.5. The van der Waals surface area contributed by atoms with E-state index in [0.29, 0.717) is 19.3 Å². The van der Waals surface area contributed by atoms with Crippen LogP contribution in [0.1, 0.15) is 323 Å². The van der Waals surface area contributed by atoms with Crippen molar-refractivity contribution in [3.63, 3.8) is 0 Å². The van der Waals surface area contributed by atoms with E-state index in [9.17, 15) is 14.4 Å². The van der Waals surface area contributed by atoms with Crippen molar-refractivity contribution in [3.05, 3.63) is 48.6 Å². The monoisotopic (exact) mass is 981 g/mol. The number of allylic oxidation sites excluding steroid dienone is 8. The van der Waals surface area contributed by atoms with Crippen LogP contribution in [0.5, 0.6) is 0 Å². The molecule has 0 heterocycles. The van der Waals surface area contributed by atoms with Crippen LogP contribution in [0.4, 0.5) is 0 Å². The third-order valence-electron chi connectivity index (χ3n) is 13.6. The average Bonchev–Trinajstić information content (AvgIpc) is 3.36. The highest BCUT2D eigenvalue weighted by molar-refractivity contribution is 5.71. The van der Waals surface area contributed by atoms with Gasteiger partial charge in [0.15, 0.2) is 6.10 Å². The van der Waals surface area contributed by atoms with Gasteiger partial charge in [0.25, 0.3) is 0 Å². The van der Waals surface area contributed by atoms with Gasteiger partial charge in [-0.1, -0.05) is 275 Å². The highest BCUT2D eigenvalue weighted by atomic mass is 16.6. The van der Waals surface area contributed by atoms with Crippen molar-refractivity contribution in [3.8, 4) is 0 Å². The summed E-state index contributed by atoms with van der Waals surface area (Å²) >= 11 is 0. The maximum Gasteiger partial charge on any atom is 0.306 e. The Morgan fingerprint density at radius 1 is 0.300 bits per heavy atom. The van der Waals surface area contributed by atoms with Gasteiger partial charge in [0.2, 0.25) is 0 Å². The van der Waals surface area contributed by atoms with Gasteiger partial charge >= 0.3 is 17.9 Å². The fourth-order valence-corrected chi connectivity index (χ4v) is 8.98. The van der Waals surface area contributed by atoms with Crippen LogP contribution in [-0.2, 0) is 28.6 Å². The van der Waals surface area contributed by atoms with Gasteiger partial charge in [0, 0.05) is 19.3 Å². The fraction of sp³-hybridized carbons (Fsp3) is 0.828. The molecule has 1 unspecified atom stereocenters. The number of carbonyl (C=O) groups excluding carboxylic acids is 3. The molecule has 0 rings (SSSR count). The minimum Gasteiger partial charge on any atom is -0.462 e. The molecule has 70 heavy (non-hydrogen) atoms. The average molecular weight is 982 g/mol. The maximum absolute atomic E-state index is 12.8. The Hall–Kier alpha value is -2.63. The SMILES string of the molecule is CC/C=C\C/C=C\C/C=C\CCCCCCCC(=O)OC(COC(=O)CCCCCCC/C=C\CCCCC)COC(=O)CCCCCCCCCCCCCCCCCCCCCCCCCCC. The van der Waals surface area contributed by atoms with Gasteiger partial charge < -0.3 is 14.2 Å². The summed E-state index contributed by atoms with van der Waals surface area (Å²) < 4.78 is 16.9. The molecule has 1 atom stereocenters. The van der Waals surface area contributed by atoms with E-state index in [2.05, 4.69) is 69.4 Å². The van der Waals surface area contributed by atoms with E-state index in [1.807, 2.05) is 0 Å². The van der Waals surface area contributed by atoms with Crippen LogP contribution < -0.4 is 0 Å². The first-order valence-electron chi connectivity index (χ1n) is 30.6. The van der Waals surface area contributed by atoms with Crippen molar-refractivity contribution in [2.75, 3.05) is 13.2 Å². The van der Waals surface area contributed by atoms with E-state index in [-0.39, 0.29) is 31.1 Å². The van der Waals surface area contributed by atoms with E-state index < -0.39 is 6.10 Å². The standard InChI is InChI=1S/C64H116O6/c1-4-7-10-13-16-19-22-25-27-28-29-30-31-32-33-34-35-36-38-39-42-45-48-51-54-57-63(66)69-60-61(59-68-62(65)56-53-50-47-44-41-24-21-18-15-12-9-6-3)70-64(67)58-55-52-49-46-43-40-37-26-23-20-17-14-11-8-5-2/h8,11,17-18,20-21,26,37,61H,4-7,9-10,12-16,19,22-25,27-36,38-60H2,1-3H3/b11-8-,20-17-,21-18-,37-26-. The number of carbonyl (C=O) groups is 3. The summed E-state index contributed by atoms with van der Waals surface area (Å²) in [6, 6.07) is 0. The zero-order valence-electron chi connectivity index (χ0n) is 46.8. The van der Waals surface area contributed by atoms with Gasteiger partial charge in [-0.05, 0) is 77.0 Å². The summed E-state index contributed by atoms with van der Waals surface area (Å²) in [6.45, 7) is 6.52. The van der Waals surface area contributed by atoms with Gasteiger partial charge in [-0.15, -0.1) is 0 Å². The Bertz CT molecular complexity index is 1220. The van der Waals surface area contributed by atoms with Crippen LogP contribution in [0, 0.1) is 0 Å². The second-order valence-electron chi connectivity index (χ2n) is 20.6. The van der Waals surface area contributed by atoms with Crippen molar-refractivity contribution < 1.29 is 28.6 Å². The van der Waals surface area contributed by atoms with E-state index in [1.165, 1.54) is 180 Å². The summed E-state index contributed by atoms with van der Waals surface area (Å²) in [5.41, 5.74) is 0. The normalized spacial score (nSPS) is 12.3. The smallest absolute Gasteiger partial charge is 0.306 e. The van der Waals surface area contributed by atoms with E-state index >= 15 is 0 Å². The van der Waals surface area contributed by atoms with Gasteiger partial charge in [-0.25, -0.2) is 0 Å². The first-order valence-corrected chi connectivity index (χ1v) is 30.6. The molecule has 0 aromatic rings. The first kappa shape index (κ1) is 67.4. The molecule has 0 fully saturated rings. The molecular weight excluding hydrogens is 865 g/mol.